The molecule has 0 saturated heterocycles. The Morgan fingerprint density at radius 3 is 2.91 bits per heavy atom. The van der Waals surface area contributed by atoms with Gasteiger partial charge in [-0.2, -0.15) is 0 Å². The van der Waals surface area contributed by atoms with Gasteiger partial charge in [-0.15, -0.1) is 0 Å². The summed E-state index contributed by atoms with van der Waals surface area (Å²) in [4.78, 5) is 17.4. The molecule has 1 aliphatic heterocycles. The van der Waals surface area contributed by atoms with Crippen LogP contribution in [0.3, 0.4) is 0 Å². The summed E-state index contributed by atoms with van der Waals surface area (Å²) in [6.07, 6.45) is 4.09. The first-order chi connectivity index (χ1) is 10.8. The predicted molar refractivity (Wildman–Crippen MR) is 82.7 cm³/mol. The van der Waals surface area contributed by atoms with E-state index in [2.05, 4.69) is 32.1 Å². The fourth-order valence-electron chi connectivity index (χ4n) is 2.68. The van der Waals surface area contributed by atoms with Crippen molar-refractivity contribution >= 4 is 17.1 Å². The van der Waals surface area contributed by atoms with Crippen molar-refractivity contribution in [2.24, 2.45) is 12.0 Å². The molecule has 110 valence electrons. The number of imidazole rings is 1. The van der Waals surface area contributed by atoms with Crippen molar-refractivity contribution in [1.29, 1.82) is 0 Å². The molecule has 1 aromatic carbocycles. The highest BCUT2D eigenvalue weighted by Crippen LogP contribution is 2.19. The van der Waals surface area contributed by atoms with E-state index in [0.29, 0.717) is 23.8 Å². The molecular weight excluding hydrogens is 278 g/mol. The van der Waals surface area contributed by atoms with Crippen LogP contribution < -0.4 is 0 Å². The van der Waals surface area contributed by atoms with Crippen LogP contribution in [-0.2, 0) is 18.2 Å². The lowest BCUT2D eigenvalue weighted by Crippen LogP contribution is -2.10. The molecule has 0 aliphatic carbocycles. The maximum atomic E-state index is 5.77. The second-order valence-electron chi connectivity index (χ2n) is 5.34. The first-order valence-electron chi connectivity index (χ1n) is 7.18. The third kappa shape index (κ3) is 2.22. The third-order valence-electron chi connectivity index (χ3n) is 3.74. The summed E-state index contributed by atoms with van der Waals surface area (Å²) in [5, 5.41) is 0. The van der Waals surface area contributed by atoms with Gasteiger partial charge in [0.15, 0.2) is 11.3 Å². The van der Waals surface area contributed by atoms with E-state index in [1.807, 2.05) is 29.8 Å². The largest absolute Gasteiger partial charge is 0.474 e. The molecule has 1 aliphatic rings. The van der Waals surface area contributed by atoms with E-state index in [9.17, 15) is 0 Å². The Morgan fingerprint density at radius 2 is 2.05 bits per heavy atom. The summed E-state index contributed by atoms with van der Waals surface area (Å²) >= 11 is 0. The van der Waals surface area contributed by atoms with E-state index in [0.717, 1.165) is 11.9 Å². The van der Waals surface area contributed by atoms with Crippen LogP contribution in [0.1, 0.15) is 11.3 Å². The second kappa shape index (κ2) is 5.22. The lowest BCUT2D eigenvalue weighted by atomic mass is 10.1. The summed E-state index contributed by atoms with van der Waals surface area (Å²) < 4.78 is 7.66. The first kappa shape index (κ1) is 12.9. The van der Waals surface area contributed by atoms with Crippen molar-refractivity contribution < 1.29 is 4.74 Å². The Labute approximate surface area is 127 Å². The monoisotopic (exact) mass is 293 g/mol. The van der Waals surface area contributed by atoms with E-state index >= 15 is 0 Å². The lowest BCUT2D eigenvalue weighted by molar-refractivity contribution is 0.316. The van der Waals surface area contributed by atoms with Gasteiger partial charge >= 0.3 is 0 Å². The number of hydrogen-bond acceptors (Lipinski definition) is 5. The van der Waals surface area contributed by atoms with Crippen molar-refractivity contribution in [3.8, 4) is 0 Å². The maximum absolute atomic E-state index is 5.77. The highest BCUT2D eigenvalue weighted by molar-refractivity contribution is 6.02. The minimum Gasteiger partial charge on any atom is -0.474 e. The van der Waals surface area contributed by atoms with Gasteiger partial charge in [0, 0.05) is 7.05 Å². The van der Waals surface area contributed by atoms with Crippen LogP contribution in [0.15, 0.2) is 48.0 Å². The van der Waals surface area contributed by atoms with Gasteiger partial charge < -0.3 is 9.30 Å². The van der Waals surface area contributed by atoms with Gasteiger partial charge in [-0.3, -0.25) is 0 Å². The van der Waals surface area contributed by atoms with Gasteiger partial charge in [-0.05, 0) is 12.0 Å². The zero-order chi connectivity index (χ0) is 14.9. The van der Waals surface area contributed by atoms with E-state index in [-0.39, 0.29) is 6.04 Å². The number of aryl methyl sites for hydroxylation is 1. The van der Waals surface area contributed by atoms with Gasteiger partial charge in [-0.1, -0.05) is 30.3 Å². The number of aromatic nitrogens is 4. The summed E-state index contributed by atoms with van der Waals surface area (Å²) in [6, 6.07) is 10.4. The van der Waals surface area contributed by atoms with Crippen LogP contribution in [0.5, 0.6) is 0 Å². The van der Waals surface area contributed by atoms with Crippen molar-refractivity contribution in [3.05, 3.63) is 54.2 Å². The highest BCUT2D eigenvalue weighted by atomic mass is 16.5. The van der Waals surface area contributed by atoms with Gasteiger partial charge in [0.05, 0.1) is 12.4 Å². The van der Waals surface area contributed by atoms with Crippen molar-refractivity contribution in [2.75, 3.05) is 6.61 Å². The van der Waals surface area contributed by atoms with E-state index in [1.54, 1.807) is 6.33 Å². The fourth-order valence-corrected chi connectivity index (χ4v) is 2.68. The van der Waals surface area contributed by atoms with E-state index < -0.39 is 0 Å². The zero-order valence-corrected chi connectivity index (χ0v) is 12.2. The van der Waals surface area contributed by atoms with Gasteiger partial charge in [-0.25, -0.2) is 19.9 Å². The average molecular weight is 293 g/mol. The molecule has 22 heavy (non-hydrogen) atoms. The third-order valence-corrected chi connectivity index (χ3v) is 3.74. The Morgan fingerprint density at radius 1 is 1.18 bits per heavy atom. The number of aliphatic imine (C=N–C) groups is 1. The second-order valence-corrected chi connectivity index (χ2v) is 5.34. The number of benzene rings is 1. The molecule has 0 radical (unpaired) electrons. The average Bonchev–Trinajstić information content (AvgIpc) is 3.16. The molecule has 1 unspecified atom stereocenters. The van der Waals surface area contributed by atoms with Crippen molar-refractivity contribution in [1.82, 2.24) is 19.5 Å². The molecule has 0 spiro atoms. The van der Waals surface area contributed by atoms with Crippen molar-refractivity contribution in [3.63, 3.8) is 0 Å². The highest BCUT2D eigenvalue weighted by Gasteiger charge is 2.24. The molecule has 0 N–H and O–H groups in total. The topological polar surface area (TPSA) is 65.2 Å². The number of hydrogen-bond donors (Lipinski definition) is 0. The number of fused-ring (bicyclic) bond motifs is 1. The van der Waals surface area contributed by atoms with Gasteiger partial charge in [0.2, 0.25) is 5.90 Å². The summed E-state index contributed by atoms with van der Waals surface area (Å²) in [7, 11) is 1.92. The molecule has 0 amide bonds. The normalized spacial score (nSPS) is 17.5. The standard InChI is InChI=1S/C16H15N5O/c1-21-10-19-15-14(21)13(17-9-18-15)16-20-12(8-22-16)7-11-5-3-2-4-6-11/h2-6,9-10,12H,7-8H2,1H3. The molecule has 4 rings (SSSR count). The van der Waals surface area contributed by atoms with Crippen molar-refractivity contribution in [2.45, 2.75) is 12.5 Å². The molecule has 0 bridgehead atoms. The Bertz CT molecular complexity index is 840. The Balaban J connectivity index is 1.65. The molecule has 6 heteroatoms. The fraction of sp³-hybridized carbons (Fsp3) is 0.250. The van der Waals surface area contributed by atoms with Crippen LogP contribution in [-0.4, -0.2) is 38.1 Å². The summed E-state index contributed by atoms with van der Waals surface area (Å²) in [5.74, 6) is 0.580. The smallest absolute Gasteiger partial charge is 0.238 e. The van der Waals surface area contributed by atoms with Crippen LogP contribution in [0.25, 0.3) is 11.2 Å². The summed E-state index contributed by atoms with van der Waals surface area (Å²) in [5.41, 5.74) is 3.47. The van der Waals surface area contributed by atoms with Gasteiger partial charge in [0.1, 0.15) is 18.5 Å². The quantitative estimate of drug-likeness (QED) is 0.738. The molecule has 1 atom stereocenters. The molecular formula is C16H15N5O. The van der Waals surface area contributed by atoms with Crippen LogP contribution >= 0.6 is 0 Å². The number of rotatable bonds is 3. The SMILES string of the molecule is Cn1cnc2ncnc(C3=NC(Cc4ccccc4)CO3)c21. The Hall–Kier alpha value is -2.76. The minimum atomic E-state index is 0.121. The Kier molecular flexibility index (Phi) is 3.07. The van der Waals surface area contributed by atoms with E-state index in [4.69, 9.17) is 4.74 Å². The molecule has 3 aromatic rings. The predicted octanol–water partition coefficient (Wildman–Crippen LogP) is 1.75. The molecule has 6 nitrogen and oxygen atoms in total. The molecule has 0 saturated carbocycles. The molecule has 2 aromatic heterocycles. The number of ether oxygens (including phenoxy) is 1. The minimum absolute atomic E-state index is 0.121. The number of nitrogens with zero attached hydrogens (tertiary/aromatic N) is 5. The zero-order valence-electron chi connectivity index (χ0n) is 12.2. The molecule has 0 fully saturated rings. The van der Waals surface area contributed by atoms with Crippen LogP contribution in [0.4, 0.5) is 0 Å². The van der Waals surface area contributed by atoms with Crippen LogP contribution in [0, 0.1) is 0 Å². The maximum Gasteiger partial charge on any atom is 0.238 e. The van der Waals surface area contributed by atoms with Gasteiger partial charge in [0.25, 0.3) is 0 Å². The first-order valence-corrected chi connectivity index (χ1v) is 7.18. The molecule has 3 heterocycles. The van der Waals surface area contributed by atoms with Crippen LogP contribution in [0.2, 0.25) is 0 Å². The lowest BCUT2D eigenvalue weighted by Gasteiger charge is -2.04. The summed E-state index contributed by atoms with van der Waals surface area (Å²) in [6.45, 7) is 0.577. The van der Waals surface area contributed by atoms with E-state index in [1.165, 1.54) is 11.9 Å².